The Morgan fingerprint density at radius 1 is 1.64 bits per heavy atom. The smallest absolute Gasteiger partial charge is 0.0758 e. The van der Waals surface area contributed by atoms with Crippen LogP contribution in [0.2, 0.25) is 0 Å². The lowest BCUT2D eigenvalue weighted by molar-refractivity contribution is 0.721. The van der Waals surface area contributed by atoms with Gasteiger partial charge in [-0.05, 0) is 29.0 Å². The predicted octanol–water partition coefficient (Wildman–Crippen LogP) is 2.48. The normalized spacial score (nSPS) is 10.5. The first-order valence-electron chi connectivity index (χ1n) is 3.46. The zero-order valence-corrected chi connectivity index (χ0v) is 10.3. The van der Waals surface area contributed by atoms with Crippen LogP contribution in [0.5, 0.6) is 0 Å². The third-order valence-corrected chi connectivity index (χ3v) is 3.41. The van der Waals surface area contributed by atoms with E-state index >= 15 is 0 Å². The van der Waals surface area contributed by atoms with E-state index in [1.165, 1.54) is 15.0 Å². The molecule has 0 fully saturated rings. The van der Waals surface area contributed by atoms with Crippen LogP contribution in [0, 0.1) is 3.57 Å². The summed E-state index contributed by atoms with van der Waals surface area (Å²) in [6.45, 7) is 2.13. The minimum atomic E-state index is 0.884. The molecule has 1 heterocycles. The predicted molar refractivity (Wildman–Crippen MR) is 57.9 cm³/mol. The highest BCUT2D eigenvalue weighted by molar-refractivity contribution is 14.1. The number of nitrogens with zero attached hydrogens (tertiary/aromatic N) is 2. The van der Waals surface area contributed by atoms with Crippen LogP contribution in [0.1, 0.15) is 18.3 Å². The first-order valence-corrected chi connectivity index (χ1v) is 5.67. The molecule has 0 amide bonds. The Morgan fingerprint density at radius 3 is 2.55 bits per heavy atom. The highest BCUT2D eigenvalue weighted by Gasteiger charge is 2.09. The van der Waals surface area contributed by atoms with Gasteiger partial charge in [-0.1, -0.05) is 22.9 Å². The van der Waals surface area contributed by atoms with Gasteiger partial charge in [-0.25, -0.2) is 0 Å². The topological polar surface area (TPSA) is 17.8 Å². The van der Waals surface area contributed by atoms with Gasteiger partial charge in [0, 0.05) is 12.4 Å². The van der Waals surface area contributed by atoms with Crippen molar-refractivity contribution in [3.63, 3.8) is 0 Å². The van der Waals surface area contributed by atoms with Gasteiger partial charge in [0.2, 0.25) is 0 Å². The molecule has 0 saturated carbocycles. The van der Waals surface area contributed by atoms with Crippen molar-refractivity contribution >= 4 is 38.5 Å². The Labute approximate surface area is 88.6 Å². The van der Waals surface area contributed by atoms with Crippen molar-refractivity contribution in [2.45, 2.75) is 18.7 Å². The second-order valence-electron chi connectivity index (χ2n) is 2.32. The van der Waals surface area contributed by atoms with Gasteiger partial charge >= 0.3 is 0 Å². The third-order valence-electron chi connectivity index (χ3n) is 1.63. The van der Waals surface area contributed by atoms with Gasteiger partial charge in [0.1, 0.15) is 0 Å². The van der Waals surface area contributed by atoms with Crippen LogP contribution >= 0.6 is 38.5 Å². The quantitative estimate of drug-likeness (QED) is 0.602. The van der Waals surface area contributed by atoms with Crippen molar-refractivity contribution < 1.29 is 0 Å². The summed E-state index contributed by atoms with van der Waals surface area (Å²) < 4.78 is 3.24. The molecule has 11 heavy (non-hydrogen) atoms. The van der Waals surface area contributed by atoms with Crippen LogP contribution in [0.4, 0.5) is 0 Å². The summed E-state index contributed by atoms with van der Waals surface area (Å²) in [6.07, 6.45) is 1.01. The van der Waals surface area contributed by atoms with Gasteiger partial charge < -0.3 is 0 Å². The maximum absolute atomic E-state index is 4.38. The fourth-order valence-electron chi connectivity index (χ4n) is 0.965. The lowest BCUT2D eigenvalue weighted by Gasteiger charge is -1.94. The van der Waals surface area contributed by atoms with Crippen LogP contribution < -0.4 is 0 Å². The second-order valence-corrected chi connectivity index (χ2v) is 3.96. The Bertz CT molecular complexity index is 257. The van der Waals surface area contributed by atoms with E-state index in [9.17, 15) is 0 Å². The Morgan fingerprint density at radius 2 is 2.27 bits per heavy atom. The summed E-state index contributed by atoms with van der Waals surface area (Å²) in [4.78, 5) is 0. The van der Waals surface area contributed by atoms with E-state index < -0.39 is 0 Å². The first-order chi connectivity index (χ1) is 5.20. The van der Waals surface area contributed by atoms with Crippen LogP contribution in [0.25, 0.3) is 0 Å². The van der Waals surface area contributed by atoms with Crippen LogP contribution in [0.15, 0.2) is 0 Å². The molecule has 0 saturated heterocycles. The molecule has 0 atom stereocenters. The van der Waals surface area contributed by atoms with Crippen LogP contribution in [-0.2, 0) is 18.8 Å². The molecule has 62 valence electrons. The molecule has 1 aromatic rings. The molecule has 0 aromatic carbocycles. The lowest BCUT2D eigenvalue weighted by Crippen LogP contribution is -1.95. The maximum Gasteiger partial charge on any atom is 0.0758 e. The van der Waals surface area contributed by atoms with Gasteiger partial charge in [0.15, 0.2) is 0 Å². The SMILES string of the molecule is CCc1nn(C)c(CBr)c1I. The minimum Gasteiger partial charge on any atom is -0.270 e. The van der Waals surface area contributed by atoms with Gasteiger partial charge in [-0.15, -0.1) is 0 Å². The number of hydrogen-bond donors (Lipinski definition) is 0. The average molecular weight is 329 g/mol. The number of halogens is 2. The van der Waals surface area contributed by atoms with Gasteiger partial charge in [-0.3, -0.25) is 4.68 Å². The number of alkyl halides is 1. The molecular formula is C7H10BrIN2. The number of aryl methyl sites for hydroxylation is 2. The number of rotatable bonds is 2. The van der Waals surface area contributed by atoms with Crippen LogP contribution in [-0.4, -0.2) is 9.78 Å². The van der Waals surface area contributed by atoms with Crippen LogP contribution in [0.3, 0.4) is 0 Å². The van der Waals surface area contributed by atoms with E-state index in [0.717, 1.165) is 11.8 Å². The zero-order chi connectivity index (χ0) is 8.43. The van der Waals surface area contributed by atoms with E-state index in [-0.39, 0.29) is 0 Å². The molecule has 0 unspecified atom stereocenters. The molecule has 0 bridgehead atoms. The van der Waals surface area contributed by atoms with E-state index in [2.05, 4.69) is 50.5 Å². The molecular weight excluding hydrogens is 319 g/mol. The molecule has 0 aliphatic rings. The van der Waals surface area contributed by atoms with Gasteiger partial charge in [-0.2, -0.15) is 5.10 Å². The molecule has 0 radical (unpaired) electrons. The average Bonchev–Trinajstić information content (AvgIpc) is 2.26. The lowest BCUT2D eigenvalue weighted by atomic mass is 10.3. The highest BCUT2D eigenvalue weighted by Crippen LogP contribution is 2.18. The highest BCUT2D eigenvalue weighted by atomic mass is 127. The molecule has 1 aromatic heterocycles. The van der Waals surface area contributed by atoms with E-state index in [1.807, 2.05) is 11.7 Å². The van der Waals surface area contributed by atoms with Crippen molar-refractivity contribution in [2.75, 3.05) is 0 Å². The van der Waals surface area contributed by atoms with Crippen molar-refractivity contribution in [1.29, 1.82) is 0 Å². The fraction of sp³-hybridized carbons (Fsp3) is 0.571. The number of aromatic nitrogens is 2. The Hall–Kier alpha value is 0.420. The maximum atomic E-state index is 4.38. The molecule has 2 nitrogen and oxygen atoms in total. The largest absolute Gasteiger partial charge is 0.270 e. The zero-order valence-electron chi connectivity index (χ0n) is 6.56. The summed E-state index contributed by atoms with van der Waals surface area (Å²) in [5.41, 5.74) is 2.46. The molecule has 0 aliphatic carbocycles. The van der Waals surface area contributed by atoms with Crippen molar-refractivity contribution in [3.05, 3.63) is 15.0 Å². The fourth-order valence-corrected chi connectivity index (χ4v) is 3.16. The standard InChI is InChI=1S/C7H10BrIN2/c1-3-5-7(9)6(4-8)11(2)10-5/h3-4H2,1-2H3. The Balaban J connectivity index is 3.14. The molecule has 0 aliphatic heterocycles. The number of hydrogen-bond acceptors (Lipinski definition) is 1. The summed E-state index contributed by atoms with van der Waals surface area (Å²) >= 11 is 5.78. The van der Waals surface area contributed by atoms with Crippen molar-refractivity contribution in [3.8, 4) is 0 Å². The van der Waals surface area contributed by atoms with E-state index in [4.69, 9.17) is 0 Å². The minimum absolute atomic E-state index is 0.884. The molecule has 1 rings (SSSR count). The van der Waals surface area contributed by atoms with Crippen molar-refractivity contribution in [1.82, 2.24) is 9.78 Å². The molecule has 4 heteroatoms. The Kier molecular flexibility index (Phi) is 3.36. The van der Waals surface area contributed by atoms with E-state index in [1.54, 1.807) is 0 Å². The monoisotopic (exact) mass is 328 g/mol. The summed E-state index contributed by atoms with van der Waals surface area (Å²) in [5.74, 6) is 0. The van der Waals surface area contributed by atoms with Gasteiger partial charge in [0.25, 0.3) is 0 Å². The van der Waals surface area contributed by atoms with Gasteiger partial charge in [0.05, 0.1) is 15.0 Å². The summed E-state index contributed by atoms with van der Waals surface area (Å²) in [7, 11) is 1.98. The van der Waals surface area contributed by atoms with Crippen molar-refractivity contribution in [2.24, 2.45) is 7.05 Å². The summed E-state index contributed by atoms with van der Waals surface area (Å²) in [5, 5.41) is 5.26. The third kappa shape index (κ3) is 1.77. The van der Waals surface area contributed by atoms with E-state index in [0.29, 0.717) is 0 Å². The second kappa shape index (κ2) is 3.89. The molecule has 0 spiro atoms. The first kappa shape index (κ1) is 9.51. The molecule has 0 N–H and O–H groups in total. The summed E-state index contributed by atoms with van der Waals surface area (Å²) in [6, 6.07) is 0.